The van der Waals surface area contributed by atoms with Gasteiger partial charge in [0.1, 0.15) is 5.00 Å². The SMILES string of the molecule is Cl.O=C(Nc1sccc1C(=O)N1CC[C@@H]2CNC[C@@H]2CC1)c1ccco1. The Labute approximate surface area is 162 Å². The van der Waals surface area contributed by atoms with Crippen molar-refractivity contribution in [3.8, 4) is 0 Å². The molecule has 0 unspecified atom stereocenters. The van der Waals surface area contributed by atoms with Crippen LogP contribution in [-0.4, -0.2) is 42.9 Å². The second kappa shape index (κ2) is 8.24. The number of amides is 2. The molecule has 0 radical (unpaired) electrons. The maximum atomic E-state index is 13.0. The number of nitrogens with zero attached hydrogens (tertiary/aromatic N) is 1. The third-order valence-electron chi connectivity index (χ3n) is 5.17. The summed E-state index contributed by atoms with van der Waals surface area (Å²) in [6.07, 6.45) is 3.54. The summed E-state index contributed by atoms with van der Waals surface area (Å²) < 4.78 is 5.11. The third kappa shape index (κ3) is 3.79. The van der Waals surface area contributed by atoms with Crippen molar-refractivity contribution in [2.24, 2.45) is 11.8 Å². The molecule has 2 aromatic heterocycles. The highest BCUT2D eigenvalue weighted by Crippen LogP contribution is 2.30. The van der Waals surface area contributed by atoms with E-state index in [0.717, 1.165) is 39.0 Å². The number of carbonyl (C=O) groups is 2. The number of carbonyl (C=O) groups excluding carboxylic acids is 2. The van der Waals surface area contributed by atoms with E-state index in [-0.39, 0.29) is 30.0 Å². The van der Waals surface area contributed by atoms with Crippen molar-refractivity contribution in [1.29, 1.82) is 0 Å². The molecule has 140 valence electrons. The Hall–Kier alpha value is -1.83. The van der Waals surface area contributed by atoms with E-state index >= 15 is 0 Å². The summed E-state index contributed by atoms with van der Waals surface area (Å²) in [5, 5.41) is 8.66. The fourth-order valence-electron chi connectivity index (χ4n) is 3.74. The second-order valence-corrected chi connectivity index (χ2v) is 7.56. The van der Waals surface area contributed by atoms with Crippen molar-refractivity contribution in [2.45, 2.75) is 12.8 Å². The monoisotopic (exact) mass is 395 g/mol. The van der Waals surface area contributed by atoms with Gasteiger partial charge in [0.25, 0.3) is 11.8 Å². The number of anilines is 1. The summed E-state index contributed by atoms with van der Waals surface area (Å²) in [5.74, 6) is 1.26. The summed E-state index contributed by atoms with van der Waals surface area (Å²) in [6.45, 7) is 3.69. The van der Waals surface area contributed by atoms with Crippen LogP contribution in [0.5, 0.6) is 0 Å². The highest BCUT2D eigenvalue weighted by molar-refractivity contribution is 7.14. The van der Waals surface area contributed by atoms with Crippen LogP contribution in [0.25, 0.3) is 0 Å². The highest BCUT2D eigenvalue weighted by Gasteiger charge is 2.32. The molecule has 2 atom stereocenters. The molecule has 2 aliphatic rings. The second-order valence-electron chi connectivity index (χ2n) is 6.64. The Balaban J connectivity index is 0.00000196. The van der Waals surface area contributed by atoms with E-state index in [0.29, 0.717) is 22.4 Å². The quantitative estimate of drug-likeness (QED) is 0.837. The zero-order valence-electron chi connectivity index (χ0n) is 14.3. The van der Waals surface area contributed by atoms with Crippen LogP contribution in [-0.2, 0) is 0 Å². The smallest absolute Gasteiger partial charge is 0.291 e. The summed E-state index contributed by atoms with van der Waals surface area (Å²) >= 11 is 1.36. The Morgan fingerprint density at radius 3 is 2.58 bits per heavy atom. The van der Waals surface area contributed by atoms with Crippen LogP contribution in [0, 0.1) is 11.8 Å². The first-order chi connectivity index (χ1) is 12.2. The van der Waals surface area contributed by atoms with Gasteiger partial charge in [-0.1, -0.05) is 0 Å². The standard InChI is InChI=1S/C18H21N3O3S.ClH/c22-16(15-2-1-8-24-15)20-17-14(5-9-25-17)18(23)21-6-3-12-10-19-11-13(12)4-7-21;/h1-2,5,8-9,12-13,19H,3-4,6-7,10-11H2,(H,20,22);1H/t12-,13+;. The fraction of sp³-hybridized carbons (Fsp3) is 0.444. The van der Waals surface area contributed by atoms with E-state index in [1.165, 1.54) is 17.6 Å². The van der Waals surface area contributed by atoms with Gasteiger partial charge in [0.2, 0.25) is 0 Å². The average Bonchev–Trinajstić information content (AvgIpc) is 3.34. The fourth-order valence-corrected chi connectivity index (χ4v) is 4.51. The van der Waals surface area contributed by atoms with Crippen molar-refractivity contribution in [3.05, 3.63) is 41.2 Å². The number of rotatable bonds is 3. The number of thiophene rings is 1. The molecule has 0 spiro atoms. The number of likely N-dealkylation sites (tertiary alicyclic amines) is 1. The van der Waals surface area contributed by atoms with E-state index in [2.05, 4.69) is 10.6 Å². The summed E-state index contributed by atoms with van der Waals surface area (Å²) in [6, 6.07) is 5.06. The summed E-state index contributed by atoms with van der Waals surface area (Å²) in [7, 11) is 0. The Morgan fingerprint density at radius 1 is 1.19 bits per heavy atom. The van der Waals surface area contributed by atoms with Crippen LogP contribution in [0.4, 0.5) is 5.00 Å². The molecule has 0 aromatic carbocycles. The van der Waals surface area contributed by atoms with Gasteiger partial charge >= 0.3 is 0 Å². The van der Waals surface area contributed by atoms with Gasteiger partial charge in [0, 0.05) is 13.1 Å². The van der Waals surface area contributed by atoms with Gasteiger partial charge in [-0.2, -0.15) is 0 Å². The van der Waals surface area contributed by atoms with E-state index < -0.39 is 0 Å². The molecule has 0 aliphatic carbocycles. The topological polar surface area (TPSA) is 74.6 Å². The third-order valence-corrected chi connectivity index (χ3v) is 6.00. The molecule has 2 aromatic rings. The van der Waals surface area contributed by atoms with Gasteiger partial charge in [-0.3, -0.25) is 9.59 Å². The molecule has 2 aliphatic heterocycles. The number of furan rings is 1. The molecular weight excluding hydrogens is 374 g/mol. The lowest BCUT2D eigenvalue weighted by Crippen LogP contribution is -2.33. The zero-order chi connectivity index (χ0) is 17.2. The number of hydrogen-bond acceptors (Lipinski definition) is 5. The summed E-state index contributed by atoms with van der Waals surface area (Å²) in [5.41, 5.74) is 0.565. The molecular formula is C18H22ClN3O3S. The van der Waals surface area contributed by atoms with Crippen LogP contribution in [0.3, 0.4) is 0 Å². The largest absolute Gasteiger partial charge is 0.459 e. The average molecular weight is 396 g/mol. The molecule has 2 saturated heterocycles. The molecule has 2 N–H and O–H groups in total. The lowest BCUT2D eigenvalue weighted by atomic mass is 9.92. The molecule has 6 nitrogen and oxygen atoms in total. The number of fused-ring (bicyclic) bond motifs is 1. The number of halogens is 1. The van der Waals surface area contributed by atoms with Crippen LogP contribution in [0.15, 0.2) is 34.3 Å². The predicted molar refractivity (Wildman–Crippen MR) is 103 cm³/mol. The van der Waals surface area contributed by atoms with Gasteiger partial charge in [-0.05, 0) is 61.3 Å². The molecule has 2 fully saturated rings. The molecule has 4 heterocycles. The van der Waals surface area contributed by atoms with Gasteiger partial charge in [0.05, 0.1) is 11.8 Å². The minimum absolute atomic E-state index is 0. The van der Waals surface area contributed by atoms with Crippen LogP contribution >= 0.6 is 23.7 Å². The van der Waals surface area contributed by atoms with Crippen LogP contribution in [0.1, 0.15) is 33.8 Å². The summed E-state index contributed by atoms with van der Waals surface area (Å²) in [4.78, 5) is 27.1. The predicted octanol–water partition coefficient (Wildman–Crippen LogP) is 3.09. The first-order valence-electron chi connectivity index (χ1n) is 8.64. The first kappa shape index (κ1) is 18.9. The van der Waals surface area contributed by atoms with E-state index in [4.69, 9.17) is 4.42 Å². The van der Waals surface area contributed by atoms with Crippen LogP contribution < -0.4 is 10.6 Å². The number of hydrogen-bond donors (Lipinski definition) is 2. The van der Waals surface area contributed by atoms with Gasteiger partial charge in [-0.25, -0.2) is 0 Å². The maximum absolute atomic E-state index is 13.0. The maximum Gasteiger partial charge on any atom is 0.291 e. The number of nitrogens with one attached hydrogen (secondary N) is 2. The molecule has 26 heavy (non-hydrogen) atoms. The molecule has 0 saturated carbocycles. The molecule has 0 bridgehead atoms. The van der Waals surface area contributed by atoms with E-state index in [9.17, 15) is 9.59 Å². The van der Waals surface area contributed by atoms with Crippen molar-refractivity contribution in [2.75, 3.05) is 31.5 Å². The minimum Gasteiger partial charge on any atom is -0.459 e. The molecule has 8 heteroatoms. The van der Waals surface area contributed by atoms with Crippen molar-refractivity contribution < 1.29 is 14.0 Å². The highest BCUT2D eigenvalue weighted by atomic mass is 35.5. The lowest BCUT2D eigenvalue weighted by molar-refractivity contribution is 0.0760. The van der Waals surface area contributed by atoms with Gasteiger partial charge in [0.15, 0.2) is 5.76 Å². The minimum atomic E-state index is -0.335. The first-order valence-corrected chi connectivity index (χ1v) is 9.52. The Kier molecular flexibility index (Phi) is 6.01. The zero-order valence-corrected chi connectivity index (χ0v) is 15.9. The van der Waals surface area contributed by atoms with E-state index in [1.807, 2.05) is 10.3 Å². The van der Waals surface area contributed by atoms with Crippen molar-refractivity contribution >= 4 is 40.6 Å². The Morgan fingerprint density at radius 2 is 1.92 bits per heavy atom. The molecule has 2 amide bonds. The van der Waals surface area contributed by atoms with Crippen molar-refractivity contribution in [3.63, 3.8) is 0 Å². The lowest BCUT2D eigenvalue weighted by Gasteiger charge is -2.21. The normalized spacial score (nSPS) is 22.2. The Bertz CT molecular complexity index is 748. The van der Waals surface area contributed by atoms with Crippen molar-refractivity contribution in [1.82, 2.24) is 10.2 Å². The van der Waals surface area contributed by atoms with Gasteiger partial charge in [-0.15, -0.1) is 23.7 Å². The van der Waals surface area contributed by atoms with Gasteiger partial charge < -0.3 is 20.0 Å². The molecule has 4 rings (SSSR count). The van der Waals surface area contributed by atoms with E-state index in [1.54, 1.807) is 18.2 Å². The van der Waals surface area contributed by atoms with Crippen LogP contribution in [0.2, 0.25) is 0 Å².